The molecular weight excluding hydrogens is 156 g/mol. The lowest BCUT2D eigenvalue weighted by Crippen LogP contribution is -2.15. The highest BCUT2D eigenvalue weighted by atomic mass is 16.5. The van der Waals surface area contributed by atoms with Crippen molar-refractivity contribution in [3.8, 4) is 0 Å². The number of rotatable bonds is 8. The molecule has 0 spiro atoms. The summed E-state index contributed by atoms with van der Waals surface area (Å²) in [5.74, 6) is 0. The molecule has 0 saturated heterocycles. The molecule has 0 aromatic heterocycles. The van der Waals surface area contributed by atoms with Crippen LogP contribution in [0.4, 0.5) is 0 Å². The van der Waals surface area contributed by atoms with Gasteiger partial charge in [-0.05, 0) is 12.8 Å². The van der Waals surface area contributed by atoms with E-state index in [4.69, 9.17) is 14.6 Å². The summed E-state index contributed by atoms with van der Waals surface area (Å²) in [4.78, 5) is 0. The summed E-state index contributed by atoms with van der Waals surface area (Å²) in [6.45, 7) is 5.94. The number of hydrogen-bond acceptors (Lipinski definition) is 3. The number of aliphatic hydroxyl groups is 1. The van der Waals surface area contributed by atoms with Crippen molar-refractivity contribution in [2.45, 2.75) is 32.8 Å². The minimum absolute atomic E-state index is 0.0883. The van der Waals surface area contributed by atoms with Gasteiger partial charge in [-0.1, -0.05) is 13.8 Å². The highest BCUT2D eigenvalue weighted by molar-refractivity contribution is 4.50. The van der Waals surface area contributed by atoms with Gasteiger partial charge in [-0.25, -0.2) is 0 Å². The summed E-state index contributed by atoms with van der Waals surface area (Å²) >= 11 is 0. The topological polar surface area (TPSA) is 38.7 Å². The number of aliphatic hydroxyl groups excluding tert-OH is 1. The third kappa shape index (κ3) is 6.58. The molecule has 1 N–H and O–H groups in total. The van der Waals surface area contributed by atoms with Crippen molar-refractivity contribution in [2.75, 3.05) is 26.4 Å². The molecule has 0 rings (SSSR count). The van der Waals surface area contributed by atoms with Gasteiger partial charge >= 0.3 is 0 Å². The van der Waals surface area contributed by atoms with Crippen molar-refractivity contribution in [1.29, 1.82) is 0 Å². The van der Waals surface area contributed by atoms with Crippen molar-refractivity contribution in [3.63, 3.8) is 0 Å². The SMILES string of the molecule is CCC(CC)OCCOCCO. The van der Waals surface area contributed by atoms with Crippen molar-refractivity contribution >= 4 is 0 Å². The van der Waals surface area contributed by atoms with Crippen molar-refractivity contribution in [1.82, 2.24) is 0 Å². The lowest BCUT2D eigenvalue weighted by molar-refractivity contribution is -0.00482. The Hall–Kier alpha value is -0.120. The third-order valence-electron chi connectivity index (χ3n) is 1.73. The van der Waals surface area contributed by atoms with Gasteiger partial charge in [0.05, 0.1) is 32.5 Å². The molecule has 0 aromatic rings. The van der Waals surface area contributed by atoms with Gasteiger partial charge in [0.15, 0.2) is 0 Å². The van der Waals surface area contributed by atoms with E-state index >= 15 is 0 Å². The van der Waals surface area contributed by atoms with Crippen LogP contribution in [0.5, 0.6) is 0 Å². The maximum absolute atomic E-state index is 8.40. The Kier molecular flexibility index (Phi) is 8.88. The van der Waals surface area contributed by atoms with E-state index in [-0.39, 0.29) is 6.61 Å². The molecule has 0 aliphatic carbocycles. The molecule has 12 heavy (non-hydrogen) atoms. The Morgan fingerprint density at radius 2 is 1.75 bits per heavy atom. The average molecular weight is 176 g/mol. The second kappa shape index (κ2) is 8.97. The van der Waals surface area contributed by atoms with Gasteiger partial charge in [-0.2, -0.15) is 0 Å². The Balaban J connectivity index is 3.06. The molecule has 0 saturated carbocycles. The molecule has 0 aliphatic rings. The first kappa shape index (κ1) is 11.9. The molecule has 0 amide bonds. The largest absolute Gasteiger partial charge is 0.394 e. The van der Waals surface area contributed by atoms with Gasteiger partial charge in [-0.3, -0.25) is 0 Å². The monoisotopic (exact) mass is 176 g/mol. The van der Waals surface area contributed by atoms with Crippen LogP contribution in [-0.4, -0.2) is 37.6 Å². The lowest BCUT2D eigenvalue weighted by atomic mass is 10.2. The zero-order valence-corrected chi connectivity index (χ0v) is 8.08. The van der Waals surface area contributed by atoms with Gasteiger partial charge in [0.25, 0.3) is 0 Å². The first-order valence-corrected chi connectivity index (χ1v) is 4.65. The van der Waals surface area contributed by atoms with Gasteiger partial charge in [0.1, 0.15) is 0 Å². The minimum atomic E-state index is 0.0883. The van der Waals surface area contributed by atoms with Gasteiger partial charge in [0.2, 0.25) is 0 Å². The van der Waals surface area contributed by atoms with Crippen LogP contribution in [0.3, 0.4) is 0 Å². The summed E-state index contributed by atoms with van der Waals surface area (Å²) in [6, 6.07) is 0. The molecule has 0 radical (unpaired) electrons. The standard InChI is InChI=1S/C9H20O3/c1-3-9(4-2)12-8-7-11-6-5-10/h9-10H,3-8H2,1-2H3. The zero-order chi connectivity index (χ0) is 9.23. The molecule has 3 nitrogen and oxygen atoms in total. The maximum atomic E-state index is 8.40. The maximum Gasteiger partial charge on any atom is 0.0704 e. The van der Waals surface area contributed by atoms with Crippen LogP contribution in [0.2, 0.25) is 0 Å². The normalized spacial score (nSPS) is 11.0. The second-order valence-corrected chi connectivity index (χ2v) is 2.65. The summed E-state index contributed by atoms with van der Waals surface area (Å²) in [6.07, 6.45) is 2.47. The fourth-order valence-corrected chi connectivity index (χ4v) is 0.965. The average Bonchev–Trinajstić information content (AvgIpc) is 2.11. The smallest absolute Gasteiger partial charge is 0.0704 e. The zero-order valence-electron chi connectivity index (χ0n) is 8.08. The van der Waals surface area contributed by atoms with Crippen molar-refractivity contribution < 1.29 is 14.6 Å². The van der Waals surface area contributed by atoms with E-state index in [1.54, 1.807) is 0 Å². The molecule has 0 unspecified atom stereocenters. The van der Waals surface area contributed by atoms with Crippen molar-refractivity contribution in [3.05, 3.63) is 0 Å². The second-order valence-electron chi connectivity index (χ2n) is 2.65. The van der Waals surface area contributed by atoms with Crippen LogP contribution in [0.1, 0.15) is 26.7 Å². The molecule has 74 valence electrons. The fourth-order valence-electron chi connectivity index (χ4n) is 0.965. The highest BCUT2D eigenvalue weighted by Crippen LogP contribution is 2.01. The van der Waals surface area contributed by atoms with E-state index in [1.165, 1.54) is 0 Å². The Morgan fingerprint density at radius 1 is 1.08 bits per heavy atom. The predicted molar refractivity (Wildman–Crippen MR) is 48.2 cm³/mol. The van der Waals surface area contributed by atoms with Crippen molar-refractivity contribution in [2.24, 2.45) is 0 Å². The number of hydrogen-bond donors (Lipinski definition) is 1. The molecular formula is C9H20O3. The van der Waals surface area contributed by atoms with Gasteiger partial charge < -0.3 is 14.6 Å². The summed E-state index contributed by atoms with van der Waals surface area (Å²) in [5.41, 5.74) is 0. The highest BCUT2D eigenvalue weighted by Gasteiger charge is 2.01. The van der Waals surface area contributed by atoms with E-state index in [0.717, 1.165) is 12.8 Å². The molecule has 0 fully saturated rings. The van der Waals surface area contributed by atoms with Gasteiger partial charge in [-0.15, -0.1) is 0 Å². The first-order valence-electron chi connectivity index (χ1n) is 4.65. The van der Waals surface area contributed by atoms with E-state index in [1.807, 2.05) is 0 Å². The van der Waals surface area contributed by atoms with E-state index < -0.39 is 0 Å². The minimum Gasteiger partial charge on any atom is -0.394 e. The molecule has 3 heteroatoms. The van der Waals surface area contributed by atoms with E-state index in [2.05, 4.69) is 13.8 Å². The molecule has 0 bridgehead atoms. The molecule has 0 aromatic carbocycles. The Labute approximate surface area is 74.7 Å². The summed E-state index contributed by atoms with van der Waals surface area (Å²) in [5, 5.41) is 8.40. The summed E-state index contributed by atoms with van der Waals surface area (Å²) < 4.78 is 10.5. The molecule has 0 atom stereocenters. The van der Waals surface area contributed by atoms with Crippen LogP contribution in [-0.2, 0) is 9.47 Å². The summed E-state index contributed by atoms with van der Waals surface area (Å²) in [7, 11) is 0. The molecule has 0 heterocycles. The van der Waals surface area contributed by atoms with Crippen LogP contribution >= 0.6 is 0 Å². The first-order chi connectivity index (χ1) is 5.85. The molecule has 0 aliphatic heterocycles. The van der Waals surface area contributed by atoms with Crippen LogP contribution in [0.25, 0.3) is 0 Å². The Morgan fingerprint density at radius 3 is 2.25 bits per heavy atom. The van der Waals surface area contributed by atoms with Crippen LogP contribution in [0.15, 0.2) is 0 Å². The predicted octanol–water partition coefficient (Wildman–Crippen LogP) is 1.20. The van der Waals surface area contributed by atoms with E-state index in [9.17, 15) is 0 Å². The van der Waals surface area contributed by atoms with Gasteiger partial charge in [0, 0.05) is 0 Å². The number of ether oxygens (including phenoxy) is 2. The Bertz CT molecular complexity index is 81.8. The lowest BCUT2D eigenvalue weighted by Gasteiger charge is -2.13. The fraction of sp³-hybridized carbons (Fsp3) is 1.00. The van der Waals surface area contributed by atoms with E-state index in [0.29, 0.717) is 25.9 Å². The quantitative estimate of drug-likeness (QED) is 0.565. The van der Waals surface area contributed by atoms with Crippen LogP contribution in [0, 0.1) is 0 Å². The third-order valence-corrected chi connectivity index (χ3v) is 1.73. The van der Waals surface area contributed by atoms with Crippen LogP contribution < -0.4 is 0 Å².